The molecule has 0 aliphatic heterocycles. The van der Waals surface area contributed by atoms with Crippen LogP contribution in [0.25, 0.3) is 0 Å². The molecular weight excluding hydrogens is 514 g/mol. The number of esters is 1. The highest BCUT2D eigenvalue weighted by Gasteiger charge is 2.39. The Morgan fingerprint density at radius 2 is 1.68 bits per heavy atom. The van der Waals surface area contributed by atoms with Gasteiger partial charge in [-0.05, 0) is 86.4 Å². The molecule has 0 saturated carbocycles. The summed E-state index contributed by atoms with van der Waals surface area (Å²) in [6.45, 7) is 10.1. The third kappa shape index (κ3) is 8.04. The quantitative estimate of drug-likeness (QED) is 0.159. The van der Waals surface area contributed by atoms with Crippen LogP contribution in [0.2, 0.25) is 0 Å². The van der Waals surface area contributed by atoms with Gasteiger partial charge in [0.15, 0.2) is 0 Å². The van der Waals surface area contributed by atoms with Crippen molar-refractivity contribution in [2.45, 2.75) is 72.8 Å². The van der Waals surface area contributed by atoms with Crippen molar-refractivity contribution >= 4 is 5.97 Å². The van der Waals surface area contributed by atoms with Crippen LogP contribution < -0.4 is 4.74 Å². The number of hydrogen-bond acceptors (Lipinski definition) is 6. The molecule has 41 heavy (non-hydrogen) atoms. The third-order valence-corrected chi connectivity index (χ3v) is 7.67. The van der Waals surface area contributed by atoms with E-state index >= 15 is 0 Å². The Labute approximate surface area is 243 Å². The number of nitrogens with zero attached hydrogens (tertiary/aromatic N) is 3. The molecule has 0 spiro atoms. The molecule has 7 heteroatoms. The first kappa shape index (κ1) is 30.0. The lowest BCUT2D eigenvalue weighted by Crippen LogP contribution is -2.34. The number of ether oxygens (including phenoxy) is 3. The summed E-state index contributed by atoms with van der Waals surface area (Å²) in [7, 11) is 1.66. The van der Waals surface area contributed by atoms with Gasteiger partial charge in [-0.2, -0.15) is 0 Å². The third-order valence-electron chi connectivity index (χ3n) is 7.67. The maximum absolute atomic E-state index is 13.6. The molecule has 0 fully saturated rings. The zero-order valence-electron chi connectivity index (χ0n) is 24.8. The SMILES string of the molecule is CCn1cc(CC[C@H](c2ccc(C)c(COCc3ccc(OC)cc3)c2)C(C)(C)C(=O)OCc2ccccc2)nn1. The summed E-state index contributed by atoms with van der Waals surface area (Å²) in [4.78, 5) is 13.6. The van der Waals surface area contributed by atoms with Crippen molar-refractivity contribution in [3.8, 4) is 5.75 Å². The second kappa shape index (κ2) is 14.1. The van der Waals surface area contributed by atoms with Gasteiger partial charge in [0.2, 0.25) is 0 Å². The summed E-state index contributed by atoms with van der Waals surface area (Å²) in [5.41, 5.74) is 5.54. The van der Waals surface area contributed by atoms with Crippen LogP contribution in [0, 0.1) is 12.3 Å². The van der Waals surface area contributed by atoms with Crippen molar-refractivity contribution < 1.29 is 19.0 Å². The molecule has 1 aromatic heterocycles. The Morgan fingerprint density at radius 3 is 2.37 bits per heavy atom. The highest BCUT2D eigenvalue weighted by Crippen LogP contribution is 2.41. The van der Waals surface area contributed by atoms with Crippen molar-refractivity contribution in [3.05, 3.63) is 113 Å². The molecule has 0 aliphatic carbocycles. The van der Waals surface area contributed by atoms with Gasteiger partial charge < -0.3 is 14.2 Å². The lowest BCUT2D eigenvalue weighted by atomic mass is 9.72. The summed E-state index contributed by atoms with van der Waals surface area (Å²) in [5.74, 6) is 0.505. The minimum atomic E-state index is -0.772. The minimum Gasteiger partial charge on any atom is -0.497 e. The van der Waals surface area contributed by atoms with Gasteiger partial charge in [-0.25, -0.2) is 0 Å². The number of carbonyl (C=O) groups excluding carboxylic acids is 1. The van der Waals surface area contributed by atoms with Crippen molar-refractivity contribution in [1.82, 2.24) is 15.0 Å². The Kier molecular flexibility index (Phi) is 10.3. The lowest BCUT2D eigenvalue weighted by Gasteiger charge is -2.33. The zero-order valence-corrected chi connectivity index (χ0v) is 24.8. The number of benzene rings is 3. The van der Waals surface area contributed by atoms with E-state index in [2.05, 4.69) is 35.4 Å². The van der Waals surface area contributed by atoms with Crippen molar-refractivity contribution in [1.29, 1.82) is 0 Å². The predicted octanol–water partition coefficient (Wildman–Crippen LogP) is 6.82. The average Bonchev–Trinajstić information content (AvgIpc) is 3.46. The van der Waals surface area contributed by atoms with Crippen molar-refractivity contribution in [2.24, 2.45) is 5.41 Å². The molecule has 7 nitrogen and oxygen atoms in total. The number of aromatic nitrogens is 3. The number of hydrogen-bond donors (Lipinski definition) is 0. The fraction of sp³-hybridized carbons (Fsp3) is 0.382. The van der Waals surface area contributed by atoms with Crippen LogP contribution in [0.15, 0.2) is 79.0 Å². The second-order valence-corrected chi connectivity index (χ2v) is 11.0. The number of methoxy groups -OCH3 is 1. The number of rotatable bonds is 14. The molecule has 0 radical (unpaired) electrons. The largest absolute Gasteiger partial charge is 0.497 e. The fourth-order valence-electron chi connectivity index (χ4n) is 4.96. The van der Waals surface area contributed by atoms with Gasteiger partial charge >= 0.3 is 5.97 Å². The molecule has 0 amide bonds. The summed E-state index contributed by atoms with van der Waals surface area (Å²) in [5, 5.41) is 8.53. The van der Waals surface area contributed by atoms with E-state index in [1.807, 2.05) is 86.2 Å². The normalized spacial score (nSPS) is 12.2. The van der Waals surface area contributed by atoms with Gasteiger partial charge in [0.1, 0.15) is 12.4 Å². The molecule has 4 rings (SSSR count). The highest BCUT2D eigenvalue weighted by atomic mass is 16.5. The van der Waals surface area contributed by atoms with E-state index in [-0.39, 0.29) is 18.5 Å². The topological polar surface area (TPSA) is 75.5 Å². The molecule has 1 heterocycles. The maximum Gasteiger partial charge on any atom is 0.312 e. The lowest BCUT2D eigenvalue weighted by molar-refractivity contribution is -0.156. The molecular formula is C34H41N3O4. The monoisotopic (exact) mass is 555 g/mol. The first-order valence-corrected chi connectivity index (χ1v) is 14.2. The van der Waals surface area contributed by atoms with Crippen LogP contribution in [0.5, 0.6) is 5.75 Å². The van der Waals surface area contributed by atoms with E-state index in [9.17, 15) is 4.79 Å². The average molecular weight is 556 g/mol. The van der Waals surface area contributed by atoms with E-state index in [0.29, 0.717) is 19.6 Å². The minimum absolute atomic E-state index is 0.0986. The molecule has 0 bridgehead atoms. The van der Waals surface area contributed by atoms with Crippen LogP contribution in [0.3, 0.4) is 0 Å². The van der Waals surface area contributed by atoms with E-state index < -0.39 is 5.41 Å². The Hall–Kier alpha value is -3.97. The summed E-state index contributed by atoms with van der Waals surface area (Å²) in [6.07, 6.45) is 3.41. The summed E-state index contributed by atoms with van der Waals surface area (Å²) < 4.78 is 19.0. The zero-order chi connectivity index (χ0) is 29.2. The van der Waals surface area contributed by atoms with E-state index in [0.717, 1.165) is 52.2 Å². The van der Waals surface area contributed by atoms with E-state index in [4.69, 9.17) is 14.2 Å². The number of carbonyl (C=O) groups is 1. The van der Waals surface area contributed by atoms with Crippen LogP contribution >= 0.6 is 0 Å². The molecule has 3 aromatic carbocycles. The maximum atomic E-state index is 13.6. The summed E-state index contributed by atoms with van der Waals surface area (Å²) in [6, 6.07) is 24.1. The van der Waals surface area contributed by atoms with E-state index in [1.165, 1.54) is 0 Å². The molecule has 0 saturated heterocycles. The van der Waals surface area contributed by atoms with Crippen molar-refractivity contribution in [3.63, 3.8) is 0 Å². The van der Waals surface area contributed by atoms with Gasteiger partial charge in [-0.3, -0.25) is 9.48 Å². The Balaban J connectivity index is 1.52. The first-order chi connectivity index (χ1) is 19.8. The van der Waals surface area contributed by atoms with Gasteiger partial charge in [0, 0.05) is 12.7 Å². The Bertz CT molecular complexity index is 1400. The van der Waals surface area contributed by atoms with Crippen LogP contribution in [-0.2, 0) is 47.1 Å². The van der Waals surface area contributed by atoms with Crippen LogP contribution in [0.4, 0.5) is 0 Å². The van der Waals surface area contributed by atoms with Gasteiger partial charge in [-0.1, -0.05) is 65.9 Å². The molecule has 0 unspecified atom stereocenters. The highest BCUT2D eigenvalue weighted by molar-refractivity contribution is 5.77. The smallest absolute Gasteiger partial charge is 0.312 e. The van der Waals surface area contributed by atoms with Gasteiger partial charge in [-0.15, -0.1) is 5.10 Å². The van der Waals surface area contributed by atoms with Gasteiger partial charge in [0.25, 0.3) is 0 Å². The number of aryl methyl sites for hydroxylation is 3. The summed E-state index contributed by atoms with van der Waals surface area (Å²) >= 11 is 0. The Morgan fingerprint density at radius 1 is 0.951 bits per heavy atom. The molecule has 1 atom stereocenters. The molecule has 0 aliphatic rings. The second-order valence-electron chi connectivity index (χ2n) is 11.0. The molecule has 4 aromatic rings. The molecule has 216 valence electrons. The molecule has 0 N–H and O–H groups in total. The predicted molar refractivity (Wildman–Crippen MR) is 159 cm³/mol. The van der Waals surface area contributed by atoms with Gasteiger partial charge in [0.05, 0.1) is 31.4 Å². The standard InChI is InChI=1S/C34H41N3O4/c1-6-37-21-30(35-36-37)16-19-32(34(3,4)33(38)41-23-26-10-8-7-9-11-26)28-15-12-25(2)29(20-28)24-40-22-27-13-17-31(39-5)18-14-27/h7-15,17-18,20-21,32H,6,16,19,22-24H2,1-5H3/t32-/m1/s1. The first-order valence-electron chi connectivity index (χ1n) is 14.2. The van der Waals surface area contributed by atoms with Crippen molar-refractivity contribution in [2.75, 3.05) is 7.11 Å². The van der Waals surface area contributed by atoms with E-state index in [1.54, 1.807) is 7.11 Å². The van der Waals surface area contributed by atoms with Crippen LogP contribution in [-0.4, -0.2) is 28.1 Å². The fourth-order valence-corrected chi connectivity index (χ4v) is 4.96. The van der Waals surface area contributed by atoms with Crippen LogP contribution in [0.1, 0.15) is 66.6 Å².